The fourth-order valence-electron chi connectivity index (χ4n) is 3.19. The first-order valence-electron chi connectivity index (χ1n) is 6.16. The summed E-state index contributed by atoms with van der Waals surface area (Å²) in [5.74, 6) is 0.713. The third-order valence-corrected chi connectivity index (χ3v) is 7.18. The molecule has 1 fully saturated rings. The van der Waals surface area contributed by atoms with Gasteiger partial charge in [0.15, 0.2) is 0 Å². The molecule has 1 N–H and O–H groups in total. The summed E-state index contributed by atoms with van der Waals surface area (Å²) in [5.41, 5.74) is 2.19. The van der Waals surface area contributed by atoms with Gasteiger partial charge in [-0.2, -0.15) is 0 Å². The number of hydrogen-bond acceptors (Lipinski definition) is 2. The van der Waals surface area contributed by atoms with Crippen LogP contribution in [0.25, 0.3) is 0 Å². The number of aryl methyl sites for hydroxylation is 1. The Kier molecular flexibility index (Phi) is 3.25. The first kappa shape index (κ1) is 13.6. The van der Waals surface area contributed by atoms with Crippen LogP contribution in [0.3, 0.4) is 0 Å². The van der Waals surface area contributed by atoms with Gasteiger partial charge in [-0.15, -0.1) is 11.3 Å². The van der Waals surface area contributed by atoms with Crippen LogP contribution in [0.1, 0.15) is 44.2 Å². The van der Waals surface area contributed by atoms with Crippen LogP contribution in [-0.4, -0.2) is 7.05 Å². The molecular weight excluding hydrogens is 294 g/mol. The summed E-state index contributed by atoms with van der Waals surface area (Å²) >= 11 is 5.50. The van der Waals surface area contributed by atoms with Crippen LogP contribution in [0.5, 0.6) is 0 Å². The van der Waals surface area contributed by atoms with Crippen molar-refractivity contribution < 1.29 is 0 Å². The van der Waals surface area contributed by atoms with E-state index in [1.165, 1.54) is 14.2 Å². The molecule has 1 atom stereocenters. The second kappa shape index (κ2) is 4.07. The van der Waals surface area contributed by atoms with Gasteiger partial charge in [-0.25, -0.2) is 0 Å². The van der Waals surface area contributed by atoms with Gasteiger partial charge in [0.05, 0.1) is 3.79 Å². The number of thiophene rings is 1. The number of halogens is 1. The van der Waals surface area contributed by atoms with Gasteiger partial charge in [0.25, 0.3) is 0 Å². The molecule has 1 nitrogen and oxygen atoms in total. The summed E-state index contributed by atoms with van der Waals surface area (Å²) < 4.78 is 1.27. The van der Waals surface area contributed by atoms with Crippen LogP contribution >= 0.6 is 27.3 Å². The van der Waals surface area contributed by atoms with Gasteiger partial charge in [-0.05, 0) is 58.3 Å². The van der Waals surface area contributed by atoms with E-state index in [1.54, 1.807) is 0 Å². The lowest BCUT2D eigenvalue weighted by molar-refractivity contribution is 0.444. The summed E-state index contributed by atoms with van der Waals surface area (Å²) in [6.45, 7) is 11.7. The van der Waals surface area contributed by atoms with E-state index in [4.69, 9.17) is 0 Å². The summed E-state index contributed by atoms with van der Waals surface area (Å²) in [6, 6.07) is 2.80. The minimum atomic E-state index is 0.422. The van der Waals surface area contributed by atoms with E-state index in [-0.39, 0.29) is 0 Å². The number of nitrogens with one attached hydrogen (secondary N) is 1. The average Bonchev–Trinajstić information content (AvgIpc) is 2.51. The van der Waals surface area contributed by atoms with Gasteiger partial charge in [-0.1, -0.05) is 27.7 Å². The maximum absolute atomic E-state index is 3.63. The molecule has 1 aliphatic rings. The minimum Gasteiger partial charge on any atom is -0.312 e. The van der Waals surface area contributed by atoms with E-state index in [0.29, 0.717) is 22.8 Å². The van der Waals surface area contributed by atoms with Crippen LogP contribution in [0.15, 0.2) is 9.85 Å². The topological polar surface area (TPSA) is 12.0 Å². The summed E-state index contributed by atoms with van der Waals surface area (Å²) in [6.07, 6.45) is 0. The third kappa shape index (κ3) is 1.91. The van der Waals surface area contributed by atoms with Gasteiger partial charge in [0.1, 0.15) is 0 Å². The Morgan fingerprint density at radius 1 is 1.29 bits per heavy atom. The Balaban J connectivity index is 2.31. The van der Waals surface area contributed by atoms with Crippen LogP contribution < -0.4 is 5.32 Å². The molecule has 3 heteroatoms. The monoisotopic (exact) mass is 315 g/mol. The SMILES string of the molecule is CNC(c1cc(C)c(Br)s1)C1C(C)(C)C1(C)C. The van der Waals surface area contributed by atoms with Crippen molar-refractivity contribution in [1.82, 2.24) is 5.32 Å². The van der Waals surface area contributed by atoms with E-state index in [1.807, 2.05) is 11.3 Å². The summed E-state index contributed by atoms with van der Waals surface area (Å²) in [7, 11) is 2.08. The maximum atomic E-state index is 3.63. The van der Waals surface area contributed by atoms with Gasteiger partial charge in [0, 0.05) is 10.9 Å². The zero-order chi connectivity index (χ0) is 13.0. The molecule has 0 amide bonds. The summed E-state index contributed by atoms with van der Waals surface area (Å²) in [4.78, 5) is 1.46. The molecule has 1 unspecified atom stereocenters. The van der Waals surface area contributed by atoms with Gasteiger partial charge in [-0.3, -0.25) is 0 Å². The minimum absolute atomic E-state index is 0.422. The standard InChI is InChI=1S/C14H22BrNS/c1-8-7-9(17-12(8)15)10(16-6)11-13(2,3)14(11,4)5/h7,10-11,16H,1-6H3. The van der Waals surface area contributed by atoms with Crippen molar-refractivity contribution in [3.63, 3.8) is 0 Å². The first-order chi connectivity index (χ1) is 7.73. The Morgan fingerprint density at radius 2 is 1.82 bits per heavy atom. The predicted octanol–water partition coefficient (Wildman–Crippen LogP) is 4.76. The van der Waals surface area contributed by atoms with Crippen molar-refractivity contribution in [3.05, 3.63) is 20.3 Å². The molecule has 17 heavy (non-hydrogen) atoms. The Hall–Kier alpha value is 0.140. The molecule has 0 spiro atoms. The molecule has 1 heterocycles. The molecule has 0 saturated heterocycles. The van der Waals surface area contributed by atoms with Crippen molar-refractivity contribution in [3.8, 4) is 0 Å². The van der Waals surface area contributed by atoms with Crippen LogP contribution in [0, 0.1) is 23.7 Å². The fraction of sp³-hybridized carbons (Fsp3) is 0.714. The Morgan fingerprint density at radius 3 is 2.12 bits per heavy atom. The number of hydrogen-bond donors (Lipinski definition) is 1. The van der Waals surface area contributed by atoms with Crippen LogP contribution in [-0.2, 0) is 0 Å². The summed E-state index contributed by atoms with van der Waals surface area (Å²) in [5, 5.41) is 3.52. The molecule has 0 aromatic carbocycles. The lowest BCUT2D eigenvalue weighted by Gasteiger charge is -2.16. The highest BCUT2D eigenvalue weighted by atomic mass is 79.9. The molecule has 0 radical (unpaired) electrons. The molecule has 0 bridgehead atoms. The second-order valence-corrected chi connectivity index (χ2v) is 8.69. The van der Waals surface area contributed by atoms with E-state index in [0.717, 1.165) is 0 Å². The maximum Gasteiger partial charge on any atom is 0.0731 e. The molecule has 1 aliphatic carbocycles. The van der Waals surface area contributed by atoms with Crippen LogP contribution in [0.2, 0.25) is 0 Å². The average molecular weight is 316 g/mol. The highest BCUT2D eigenvalue weighted by molar-refractivity contribution is 9.11. The second-order valence-electron chi connectivity index (χ2n) is 6.29. The van der Waals surface area contributed by atoms with Crippen molar-refractivity contribution in [1.29, 1.82) is 0 Å². The van der Waals surface area contributed by atoms with E-state index < -0.39 is 0 Å². The highest BCUT2D eigenvalue weighted by Crippen LogP contribution is 2.72. The van der Waals surface area contributed by atoms with Crippen LogP contribution in [0.4, 0.5) is 0 Å². The molecule has 0 aliphatic heterocycles. The van der Waals surface area contributed by atoms with Crippen molar-refractivity contribution >= 4 is 27.3 Å². The Bertz CT molecular complexity index is 400. The first-order valence-corrected chi connectivity index (χ1v) is 7.77. The van der Waals surface area contributed by atoms with Crippen molar-refractivity contribution in [2.75, 3.05) is 7.05 Å². The molecule has 96 valence electrons. The normalized spacial score (nSPS) is 23.7. The largest absolute Gasteiger partial charge is 0.312 e. The van der Waals surface area contributed by atoms with Gasteiger partial charge in [0.2, 0.25) is 0 Å². The lowest BCUT2D eigenvalue weighted by atomic mass is 10.0. The van der Waals surface area contributed by atoms with E-state index in [9.17, 15) is 0 Å². The molecule has 1 aromatic heterocycles. The van der Waals surface area contributed by atoms with Gasteiger partial charge >= 0.3 is 0 Å². The van der Waals surface area contributed by atoms with E-state index in [2.05, 4.69) is 69.0 Å². The molecule has 1 saturated carbocycles. The predicted molar refractivity (Wildman–Crippen MR) is 79.6 cm³/mol. The van der Waals surface area contributed by atoms with Gasteiger partial charge < -0.3 is 5.32 Å². The van der Waals surface area contributed by atoms with Crippen molar-refractivity contribution in [2.24, 2.45) is 16.7 Å². The quantitative estimate of drug-likeness (QED) is 0.847. The number of rotatable bonds is 3. The molecule has 1 aromatic rings. The smallest absolute Gasteiger partial charge is 0.0731 e. The zero-order valence-electron chi connectivity index (χ0n) is 11.5. The Labute approximate surface area is 117 Å². The fourth-order valence-corrected chi connectivity index (χ4v) is 4.91. The molecular formula is C14H22BrNS. The molecule has 2 rings (SSSR count). The zero-order valence-corrected chi connectivity index (χ0v) is 13.9. The third-order valence-electron chi connectivity index (χ3n) is 4.96. The lowest BCUT2D eigenvalue weighted by Crippen LogP contribution is -2.20. The van der Waals surface area contributed by atoms with Crippen molar-refractivity contribution in [2.45, 2.75) is 40.7 Å². The van der Waals surface area contributed by atoms with E-state index >= 15 is 0 Å². The highest BCUT2D eigenvalue weighted by Gasteiger charge is 2.67.